The van der Waals surface area contributed by atoms with Gasteiger partial charge in [-0.25, -0.2) is 4.79 Å². The lowest BCUT2D eigenvalue weighted by Crippen LogP contribution is -2.14. The highest BCUT2D eigenvalue weighted by Gasteiger charge is 2.07. The van der Waals surface area contributed by atoms with Crippen LogP contribution in [0.1, 0.15) is 34.8 Å². The van der Waals surface area contributed by atoms with E-state index in [1.165, 1.54) is 11.8 Å². The summed E-state index contributed by atoms with van der Waals surface area (Å²) in [5.41, 5.74) is 3.56. The standard InChI is InChI=1S/C20H23NO3S/c1-3-11-24-20(23)17-9-7-16(8-10-17)13-25-14-19(22)21-18-6-4-5-15(2)12-18/h4-10,12H,3,11,13-14H2,1-2H3,(H,21,22). The second-order valence-electron chi connectivity index (χ2n) is 5.74. The molecule has 1 amide bonds. The third-order valence-corrected chi connectivity index (χ3v) is 4.43. The molecule has 0 atom stereocenters. The summed E-state index contributed by atoms with van der Waals surface area (Å²) in [6, 6.07) is 15.1. The average molecular weight is 357 g/mol. The molecule has 0 aromatic heterocycles. The van der Waals surface area contributed by atoms with Gasteiger partial charge in [0.15, 0.2) is 0 Å². The number of anilines is 1. The van der Waals surface area contributed by atoms with Crippen molar-refractivity contribution in [1.29, 1.82) is 0 Å². The Morgan fingerprint density at radius 1 is 1.12 bits per heavy atom. The average Bonchev–Trinajstić information content (AvgIpc) is 2.60. The fraction of sp³-hybridized carbons (Fsp3) is 0.300. The van der Waals surface area contributed by atoms with Crippen LogP contribution < -0.4 is 5.32 Å². The minimum Gasteiger partial charge on any atom is -0.462 e. The van der Waals surface area contributed by atoms with Crippen molar-refractivity contribution in [3.63, 3.8) is 0 Å². The van der Waals surface area contributed by atoms with Gasteiger partial charge in [0.1, 0.15) is 0 Å². The maximum absolute atomic E-state index is 12.0. The summed E-state index contributed by atoms with van der Waals surface area (Å²) in [5, 5.41) is 2.89. The van der Waals surface area contributed by atoms with E-state index in [4.69, 9.17) is 4.74 Å². The predicted octanol–water partition coefficient (Wildman–Crippen LogP) is 4.43. The number of carbonyl (C=O) groups is 2. The van der Waals surface area contributed by atoms with Gasteiger partial charge < -0.3 is 10.1 Å². The zero-order valence-electron chi connectivity index (χ0n) is 14.6. The second kappa shape index (κ2) is 9.89. The molecule has 0 radical (unpaired) electrons. The van der Waals surface area contributed by atoms with Crippen molar-refractivity contribution in [1.82, 2.24) is 0 Å². The minimum atomic E-state index is -0.293. The Morgan fingerprint density at radius 2 is 1.88 bits per heavy atom. The third kappa shape index (κ3) is 6.63. The van der Waals surface area contributed by atoms with Crippen LogP contribution in [0.3, 0.4) is 0 Å². The number of benzene rings is 2. The third-order valence-electron chi connectivity index (χ3n) is 3.43. The first kappa shape index (κ1) is 19.1. The van der Waals surface area contributed by atoms with E-state index >= 15 is 0 Å². The molecule has 2 aromatic carbocycles. The zero-order chi connectivity index (χ0) is 18.1. The molecule has 0 fully saturated rings. The van der Waals surface area contributed by atoms with Crippen molar-refractivity contribution in [2.45, 2.75) is 26.0 Å². The molecule has 0 saturated heterocycles. The van der Waals surface area contributed by atoms with E-state index in [0.717, 1.165) is 23.2 Å². The molecule has 0 spiro atoms. The lowest BCUT2D eigenvalue weighted by Gasteiger charge is -2.07. The molecule has 0 bridgehead atoms. The van der Waals surface area contributed by atoms with Crippen LogP contribution in [0.25, 0.3) is 0 Å². The SMILES string of the molecule is CCCOC(=O)c1ccc(CSCC(=O)Nc2cccc(C)c2)cc1. The Hall–Kier alpha value is -2.27. The largest absolute Gasteiger partial charge is 0.462 e. The summed E-state index contributed by atoms with van der Waals surface area (Å²) in [4.78, 5) is 23.7. The van der Waals surface area contributed by atoms with E-state index in [2.05, 4.69) is 5.32 Å². The predicted molar refractivity (Wildman–Crippen MR) is 103 cm³/mol. The van der Waals surface area contributed by atoms with Crippen molar-refractivity contribution < 1.29 is 14.3 Å². The molecule has 2 aromatic rings. The normalized spacial score (nSPS) is 10.3. The number of esters is 1. The molecule has 0 saturated carbocycles. The highest BCUT2D eigenvalue weighted by molar-refractivity contribution is 7.99. The zero-order valence-corrected chi connectivity index (χ0v) is 15.4. The number of ether oxygens (including phenoxy) is 1. The Morgan fingerprint density at radius 3 is 2.56 bits per heavy atom. The van der Waals surface area contributed by atoms with Crippen LogP contribution in [0.15, 0.2) is 48.5 Å². The number of amides is 1. The molecule has 0 heterocycles. The molecule has 0 aliphatic heterocycles. The smallest absolute Gasteiger partial charge is 0.338 e. The molecule has 0 aliphatic carbocycles. The number of carbonyl (C=O) groups excluding carboxylic acids is 2. The maximum Gasteiger partial charge on any atom is 0.338 e. The van der Waals surface area contributed by atoms with Crippen LogP contribution in [-0.4, -0.2) is 24.2 Å². The molecule has 2 rings (SSSR count). The molecule has 5 heteroatoms. The summed E-state index contributed by atoms with van der Waals surface area (Å²) in [6.07, 6.45) is 0.811. The molecule has 0 aliphatic rings. The molecule has 132 valence electrons. The Labute approximate surface area is 153 Å². The number of hydrogen-bond donors (Lipinski definition) is 1. The number of thioether (sulfide) groups is 1. The van der Waals surface area contributed by atoms with Gasteiger partial charge in [-0.05, 0) is 48.7 Å². The van der Waals surface area contributed by atoms with E-state index in [0.29, 0.717) is 23.7 Å². The first-order chi connectivity index (χ1) is 12.1. The fourth-order valence-corrected chi connectivity index (χ4v) is 2.98. The quantitative estimate of drug-likeness (QED) is 0.710. The van der Waals surface area contributed by atoms with Gasteiger partial charge in [-0.2, -0.15) is 0 Å². The molecule has 0 unspecified atom stereocenters. The minimum absolute atomic E-state index is 0.0182. The van der Waals surface area contributed by atoms with E-state index in [1.54, 1.807) is 12.1 Å². The maximum atomic E-state index is 12.0. The van der Waals surface area contributed by atoms with Gasteiger partial charge in [-0.3, -0.25) is 4.79 Å². The monoisotopic (exact) mass is 357 g/mol. The Kier molecular flexibility index (Phi) is 7.54. The summed E-state index contributed by atoms with van der Waals surface area (Å²) in [5.74, 6) is 0.786. The van der Waals surface area contributed by atoms with Crippen molar-refractivity contribution in [3.05, 3.63) is 65.2 Å². The topological polar surface area (TPSA) is 55.4 Å². The number of nitrogens with one attached hydrogen (secondary N) is 1. The second-order valence-corrected chi connectivity index (χ2v) is 6.73. The lowest BCUT2D eigenvalue weighted by molar-refractivity contribution is -0.113. The number of hydrogen-bond acceptors (Lipinski definition) is 4. The van der Waals surface area contributed by atoms with E-state index in [-0.39, 0.29) is 11.9 Å². The van der Waals surface area contributed by atoms with E-state index < -0.39 is 0 Å². The van der Waals surface area contributed by atoms with Crippen molar-refractivity contribution in [2.24, 2.45) is 0 Å². The van der Waals surface area contributed by atoms with Crippen LogP contribution in [0.4, 0.5) is 5.69 Å². The molecule has 1 N–H and O–H groups in total. The molecular weight excluding hydrogens is 334 g/mol. The van der Waals surface area contributed by atoms with Gasteiger partial charge in [0.05, 0.1) is 17.9 Å². The lowest BCUT2D eigenvalue weighted by atomic mass is 10.1. The van der Waals surface area contributed by atoms with Crippen LogP contribution in [0.5, 0.6) is 0 Å². The van der Waals surface area contributed by atoms with Crippen LogP contribution in [-0.2, 0) is 15.3 Å². The van der Waals surface area contributed by atoms with Gasteiger partial charge in [-0.15, -0.1) is 11.8 Å². The van der Waals surface area contributed by atoms with Gasteiger partial charge >= 0.3 is 5.97 Å². The molecule has 25 heavy (non-hydrogen) atoms. The fourth-order valence-electron chi connectivity index (χ4n) is 2.20. The highest BCUT2D eigenvalue weighted by atomic mass is 32.2. The first-order valence-corrected chi connectivity index (χ1v) is 9.44. The molecular formula is C20H23NO3S. The summed E-state index contributed by atoms with van der Waals surface area (Å²) in [7, 11) is 0. The van der Waals surface area contributed by atoms with Gasteiger partial charge in [0.25, 0.3) is 0 Å². The summed E-state index contributed by atoms with van der Waals surface area (Å²) >= 11 is 1.54. The summed E-state index contributed by atoms with van der Waals surface area (Å²) < 4.78 is 5.10. The van der Waals surface area contributed by atoms with Crippen molar-refractivity contribution in [3.8, 4) is 0 Å². The van der Waals surface area contributed by atoms with Gasteiger partial charge in [-0.1, -0.05) is 31.2 Å². The highest BCUT2D eigenvalue weighted by Crippen LogP contribution is 2.15. The number of aryl methyl sites for hydroxylation is 1. The Balaban J connectivity index is 1.75. The first-order valence-electron chi connectivity index (χ1n) is 8.29. The van der Waals surface area contributed by atoms with E-state index in [9.17, 15) is 9.59 Å². The van der Waals surface area contributed by atoms with Gasteiger partial charge in [0.2, 0.25) is 5.91 Å². The number of rotatable bonds is 8. The van der Waals surface area contributed by atoms with Crippen LogP contribution >= 0.6 is 11.8 Å². The van der Waals surface area contributed by atoms with E-state index in [1.807, 2.05) is 50.2 Å². The van der Waals surface area contributed by atoms with Crippen molar-refractivity contribution in [2.75, 3.05) is 17.7 Å². The van der Waals surface area contributed by atoms with Crippen LogP contribution in [0.2, 0.25) is 0 Å². The van der Waals surface area contributed by atoms with Gasteiger partial charge in [0, 0.05) is 11.4 Å². The summed E-state index contributed by atoms with van der Waals surface area (Å²) in [6.45, 7) is 4.39. The van der Waals surface area contributed by atoms with Crippen molar-refractivity contribution >= 4 is 29.3 Å². The Bertz CT molecular complexity index is 713. The van der Waals surface area contributed by atoms with Crippen LogP contribution in [0, 0.1) is 6.92 Å². The molecule has 4 nitrogen and oxygen atoms in total.